The third-order valence-corrected chi connectivity index (χ3v) is 4.02. The summed E-state index contributed by atoms with van der Waals surface area (Å²) in [5.41, 5.74) is 3.89. The van der Waals surface area contributed by atoms with E-state index in [0.29, 0.717) is 24.4 Å². The van der Waals surface area contributed by atoms with Gasteiger partial charge in [-0.1, -0.05) is 25.4 Å². The summed E-state index contributed by atoms with van der Waals surface area (Å²) in [7, 11) is 0. The van der Waals surface area contributed by atoms with Crippen LogP contribution in [0.15, 0.2) is 28.7 Å². The second kappa shape index (κ2) is 8.77. The van der Waals surface area contributed by atoms with E-state index in [-0.39, 0.29) is 16.3 Å². The van der Waals surface area contributed by atoms with Crippen LogP contribution in [-0.2, 0) is 6.54 Å². The molecule has 1 heterocycles. The van der Waals surface area contributed by atoms with E-state index in [2.05, 4.69) is 15.8 Å². The van der Waals surface area contributed by atoms with Crippen molar-refractivity contribution in [2.45, 2.75) is 20.4 Å². The highest BCUT2D eigenvalue weighted by Crippen LogP contribution is 2.19. The van der Waals surface area contributed by atoms with Gasteiger partial charge in [0.2, 0.25) is 0 Å². The molecular formula is C17H18ClF2N3O3. The van der Waals surface area contributed by atoms with Crippen molar-refractivity contribution >= 4 is 23.4 Å². The molecule has 0 fully saturated rings. The first-order valence-corrected chi connectivity index (χ1v) is 8.29. The smallest absolute Gasteiger partial charge is 0.305 e. The number of halogens is 3. The van der Waals surface area contributed by atoms with Gasteiger partial charge in [0.05, 0.1) is 17.1 Å². The molecule has 140 valence electrons. The van der Waals surface area contributed by atoms with E-state index in [1.54, 1.807) is 6.07 Å². The highest BCUT2D eigenvalue weighted by molar-refractivity contribution is 6.33. The second-order valence-electron chi connectivity index (χ2n) is 5.38. The fourth-order valence-electron chi connectivity index (χ4n) is 2.19. The van der Waals surface area contributed by atoms with E-state index < -0.39 is 23.4 Å². The number of hydrazine groups is 1. The van der Waals surface area contributed by atoms with E-state index in [9.17, 15) is 18.4 Å². The Morgan fingerprint density at radius 3 is 2.35 bits per heavy atom. The van der Waals surface area contributed by atoms with Crippen LogP contribution in [0.5, 0.6) is 0 Å². The van der Waals surface area contributed by atoms with Crippen molar-refractivity contribution in [3.8, 4) is 0 Å². The van der Waals surface area contributed by atoms with Gasteiger partial charge in [-0.2, -0.15) is 0 Å². The van der Waals surface area contributed by atoms with Crippen LogP contribution in [-0.4, -0.2) is 29.8 Å². The molecule has 2 N–H and O–H groups in total. The van der Waals surface area contributed by atoms with Crippen molar-refractivity contribution in [1.82, 2.24) is 15.8 Å². The van der Waals surface area contributed by atoms with Crippen molar-refractivity contribution in [3.05, 3.63) is 58.0 Å². The molecule has 2 amide bonds. The molecule has 2 rings (SSSR count). The molecule has 9 heteroatoms. The first kappa shape index (κ1) is 19.9. The Balaban J connectivity index is 1.97. The number of rotatable bonds is 6. The molecule has 0 aliphatic carbocycles. The number of nitrogens with zero attached hydrogens (tertiary/aromatic N) is 1. The maximum Gasteiger partial charge on any atom is 0.305 e. The summed E-state index contributed by atoms with van der Waals surface area (Å²) in [6.07, 6.45) is 0. The zero-order valence-corrected chi connectivity index (χ0v) is 15.0. The van der Waals surface area contributed by atoms with Gasteiger partial charge in [-0.25, -0.2) is 8.78 Å². The van der Waals surface area contributed by atoms with E-state index in [0.717, 1.165) is 13.1 Å². The molecule has 0 aliphatic heterocycles. The van der Waals surface area contributed by atoms with Crippen molar-refractivity contribution in [2.75, 3.05) is 13.1 Å². The van der Waals surface area contributed by atoms with Crippen LogP contribution in [0.2, 0.25) is 5.02 Å². The summed E-state index contributed by atoms with van der Waals surface area (Å²) in [6, 6.07) is 4.47. The molecule has 0 atom stereocenters. The number of carbonyl (C=O) groups excluding carboxylic acids is 2. The molecule has 1 aromatic carbocycles. The van der Waals surface area contributed by atoms with Gasteiger partial charge in [-0.05, 0) is 37.4 Å². The number of amides is 2. The number of hydrogen-bond acceptors (Lipinski definition) is 4. The van der Waals surface area contributed by atoms with Crippen LogP contribution in [0.25, 0.3) is 0 Å². The number of furan rings is 1. The largest absolute Gasteiger partial charge is 0.454 e. The second-order valence-corrected chi connectivity index (χ2v) is 5.79. The summed E-state index contributed by atoms with van der Waals surface area (Å²) in [6.45, 7) is 6.25. The summed E-state index contributed by atoms with van der Waals surface area (Å²) in [5.74, 6) is -3.37. The highest BCUT2D eigenvalue weighted by atomic mass is 35.5. The van der Waals surface area contributed by atoms with Crippen LogP contribution < -0.4 is 10.9 Å². The molecule has 0 unspecified atom stereocenters. The summed E-state index contributed by atoms with van der Waals surface area (Å²) in [5, 5.41) is -0.282. The first-order chi connectivity index (χ1) is 12.3. The van der Waals surface area contributed by atoms with Gasteiger partial charge < -0.3 is 4.42 Å². The predicted molar refractivity (Wildman–Crippen MR) is 91.6 cm³/mol. The van der Waals surface area contributed by atoms with Gasteiger partial charge in [0.1, 0.15) is 5.76 Å². The number of hydrogen-bond donors (Lipinski definition) is 2. The fraction of sp³-hybridized carbons (Fsp3) is 0.294. The third-order valence-electron chi connectivity index (χ3n) is 3.70. The Bertz CT molecular complexity index is 807. The van der Waals surface area contributed by atoms with E-state index in [1.807, 2.05) is 13.8 Å². The number of benzene rings is 1. The standard InChI is InChI=1S/C17H18ClF2N3O3/c1-3-23(4-2)9-10-5-6-15(26-10)17(25)22-21-16(24)11-7-13(19)14(20)8-12(11)18/h5-8H,3-4,9H2,1-2H3,(H,21,24)(H,22,25). The van der Waals surface area contributed by atoms with Crippen LogP contribution in [0.1, 0.15) is 40.5 Å². The molecule has 26 heavy (non-hydrogen) atoms. The van der Waals surface area contributed by atoms with Crippen molar-refractivity contribution in [1.29, 1.82) is 0 Å². The summed E-state index contributed by atoms with van der Waals surface area (Å²) in [4.78, 5) is 26.1. The lowest BCUT2D eigenvalue weighted by molar-refractivity contribution is 0.0828. The van der Waals surface area contributed by atoms with Crippen LogP contribution >= 0.6 is 11.6 Å². The van der Waals surface area contributed by atoms with Crippen LogP contribution in [0.4, 0.5) is 8.78 Å². The van der Waals surface area contributed by atoms with Gasteiger partial charge in [0.15, 0.2) is 17.4 Å². The van der Waals surface area contributed by atoms with Crippen LogP contribution in [0.3, 0.4) is 0 Å². The minimum absolute atomic E-state index is 0.00356. The Labute approximate surface area is 154 Å². The van der Waals surface area contributed by atoms with E-state index in [4.69, 9.17) is 16.0 Å². The Kier molecular flexibility index (Phi) is 6.70. The zero-order chi connectivity index (χ0) is 19.3. The van der Waals surface area contributed by atoms with E-state index in [1.165, 1.54) is 6.07 Å². The summed E-state index contributed by atoms with van der Waals surface area (Å²) < 4.78 is 31.7. The van der Waals surface area contributed by atoms with Gasteiger partial charge in [-0.15, -0.1) is 0 Å². The quantitative estimate of drug-likeness (QED) is 0.592. The van der Waals surface area contributed by atoms with Gasteiger partial charge in [0.25, 0.3) is 5.91 Å². The average molecular weight is 386 g/mol. The highest BCUT2D eigenvalue weighted by Gasteiger charge is 2.17. The predicted octanol–water partition coefficient (Wildman–Crippen LogP) is 3.13. The Hall–Kier alpha value is -2.45. The van der Waals surface area contributed by atoms with Gasteiger partial charge in [-0.3, -0.25) is 25.3 Å². The van der Waals surface area contributed by atoms with Crippen LogP contribution in [0, 0.1) is 11.6 Å². The molecule has 0 saturated carbocycles. The zero-order valence-electron chi connectivity index (χ0n) is 14.2. The molecule has 0 saturated heterocycles. The molecule has 0 radical (unpaired) electrons. The lowest BCUT2D eigenvalue weighted by atomic mass is 10.2. The summed E-state index contributed by atoms with van der Waals surface area (Å²) >= 11 is 5.70. The topological polar surface area (TPSA) is 74.6 Å². The fourth-order valence-corrected chi connectivity index (χ4v) is 2.43. The minimum Gasteiger partial charge on any atom is -0.454 e. The maximum absolute atomic E-state index is 13.2. The first-order valence-electron chi connectivity index (χ1n) is 7.92. The Morgan fingerprint density at radius 2 is 1.69 bits per heavy atom. The number of nitrogens with one attached hydrogen (secondary N) is 2. The molecule has 0 bridgehead atoms. The third kappa shape index (κ3) is 4.80. The SMILES string of the molecule is CCN(CC)Cc1ccc(C(=O)NNC(=O)c2cc(F)c(F)cc2Cl)o1. The van der Waals surface area contributed by atoms with Gasteiger partial charge >= 0.3 is 5.91 Å². The van der Waals surface area contributed by atoms with Gasteiger partial charge in [0, 0.05) is 0 Å². The Morgan fingerprint density at radius 1 is 1.08 bits per heavy atom. The number of carbonyl (C=O) groups is 2. The molecule has 1 aromatic heterocycles. The molecular weight excluding hydrogens is 368 g/mol. The monoisotopic (exact) mass is 385 g/mol. The van der Waals surface area contributed by atoms with Crippen molar-refractivity contribution in [3.63, 3.8) is 0 Å². The van der Waals surface area contributed by atoms with E-state index >= 15 is 0 Å². The molecule has 6 nitrogen and oxygen atoms in total. The average Bonchev–Trinajstić information content (AvgIpc) is 3.09. The molecule has 0 aliphatic rings. The molecule has 2 aromatic rings. The minimum atomic E-state index is -1.22. The lowest BCUT2D eigenvalue weighted by Crippen LogP contribution is -2.41. The van der Waals surface area contributed by atoms with Crippen molar-refractivity contribution < 1.29 is 22.8 Å². The lowest BCUT2D eigenvalue weighted by Gasteiger charge is -2.15. The molecule has 0 spiro atoms. The normalized spacial score (nSPS) is 10.8. The van der Waals surface area contributed by atoms with Crippen molar-refractivity contribution in [2.24, 2.45) is 0 Å². The maximum atomic E-state index is 13.2.